The maximum absolute atomic E-state index is 14.8. The molecule has 2 atom stereocenters. The Morgan fingerprint density at radius 1 is 0.938 bits per heavy atom. The Morgan fingerprint density at radius 3 is 2.22 bits per heavy atom. The zero-order chi connectivity index (χ0) is 22.7. The average Bonchev–Trinajstić information content (AvgIpc) is 3.29. The molecule has 1 aromatic heterocycles. The van der Waals surface area contributed by atoms with Gasteiger partial charge in [0.05, 0.1) is 24.2 Å². The highest BCUT2D eigenvalue weighted by atomic mass is 19.1. The molecule has 0 bridgehead atoms. The number of amides is 2. The molecule has 8 heteroatoms. The summed E-state index contributed by atoms with van der Waals surface area (Å²) >= 11 is 0. The standard InChI is InChI=1S/C24H24FN3O4/c1-15-13-28(14-16(2)32-15)21-10-9-19(12-20(21)25)27-23(29)17-5-7-18(8-6-17)26-24(30)22-4-3-11-31-22/h3-12,15-16H,13-14H2,1-2H3,(H,26,30)(H,27,29). The summed E-state index contributed by atoms with van der Waals surface area (Å²) in [5.41, 5.74) is 1.75. The van der Waals surface area contributed by atoms with Gasteiger partial charge in [0, 0.05) is 30.0 Å². The van der Waals surface area contributed by atoms with E-state index < -0.39 is 5.82 Å². The van der Waals surface area contributed by atoms with Crippen molar-refractivity contribution in [2.45, 2.75) is 26.1 Å². The molecule has 2 aromatic carbocycles. The van der Waals surface area contributed by atoms with E-state index in [4.69, 9.17) is 9.15 Å². The molecule has 4 rings (SSSR count). The van der Waals surface area contributed by atoms with Crippen molar-refractivity contribution in [2.24, 2.45) is 0 Å². The number of ether oxygens (including phenoxy) is 1. The van der Waals surface area contributed by atoms with Gasteiger partial charge in [0.1, 0.15) is 5.82 Å². The van der Waals surface area contributed by atoms with Gasteiger partial charge in [0.2, 0.25) is 0 Å². The number of furan rings is 1. The molecule has 1 aliphatic rings. The second kappa shape index (κ2) is 9.23. The van der Waals surface area contributed by atoms with E-state index in [1.165, 1.54) is 12.3 Å². The predicted molar refractivity (Wildman–Crippen MR) is 120 cm³/mol. The van der Waals surface area contributed by atoms with E-state index in [2.05, 4.69) is 10.6 Å². The minimum absolute atomic E-state index is 0.0179. The summed E-state index contributed by atoms with van der Waals surface area (Å²) in [4.78, 5) is 26.5. The molecule has 2 amide bonds. The van der Waals surface area contributed by atoms with Crippen molar-refractivity contribution < 1.29 is 23.1 Å². The van der Waals surface area contributed by atoms with Crippen molar-refractivity contribution in [1.82, 2.24) is 0 Å². The van der Waals surface area contributed by atoms with Crippen molar-refractivity contribution in [1.29, 1.82) is 0 Å². The summed E-state index contributed by atoms with van der Waals surface area (Å²) in [6, 6.07) is 14.2. The van der Waals surface area contributed by atoms with Crippen LogP contribution in [0.15, 0.2) is 65.3 Å². The molecule has 1 saturated heterocycles. The van der Waals surface area contributed by atoms with Gasteiger partial charge in [-0.2, -0.15) is 0 Å². The highest BCUT2D eigenvalue weighted by Gasteiger charge is 2.24. The van der Waals surface area contributed by atoms with Crippen LogP contribution >= 0.6 is 0 Å². The average molecular weight is 437 g/mol. The molecular formula is C24H24FN3O4. The van der Waals surface area contributed by atoms with Gasteiger partial charge in [-0.3, -0.25) is 9.59 Å². The van der Waals surface area contributed by atoms with Crippen LogP contribution in [-0.4, -0.2) is 37.1 Å². The van der Waals surface area contributed by atoms with Crippen LogP contribution in [0.1, 0.15) is 34.8 Å². The third-order valence-electron chi connectivity index (χ3n) is 5.12. The molecule has 2 unspecified atom stereocenters. The lowest BCUT2D eigenvalue weighted by Gasteiger charge is -2.37. The van der Waals surface area contributed by atoms with E-state index in [-0.39, 0.29) is 29.8 Å². The SMILES string of the molecule is CC1CN(c2ccc(NC(=O)c3ccc(NC(=O)c4ccco4)cc3)cc2F)CC(C)O1. The Balaban J connectivity index is 1.39. The van der Waals surface area contributed by atoms with Crippen molar-refractivity contribution in [2.75, 3.05) is 28.6 Å². The van der Waals surface area contributed by atoms with Gasteiger partial charge >= 0.3 is 0 Å². The van der Waals surface area contributed by atoms with Gasteiger partial charge in [0.15, 0.2) is 5.76 Å². The zero-order valence-electron chi connectivity index (χ0n) is 17.8. The normalized spacial score (nSPS) is 18.3. The lowest BCUT2D eigenvalue weighted by molar-refractivity contribution is -0.00539. The first-order valence-corrected chi connectivity index (χ1v) is 10.4. The quantitative estimate of drug-likeness (QED) is 0.612. The van der Waals surface area contributed by atoms with E-state index in [0.29, 0.717) is 35.7 Å². The number of hydrogen-bond acceptors (Lipinski definition) is 5. The summed E-state index contributed by atoms with van der Waals surface area (Å²) < 4.78 is 25.5. The monoisotopic (exact) mass is 437 g/mol. The Labute approximate surface area is 185 Å². The first-order valence-electron chi connectivity index (χ1n) is 10.4. The number of morpholine rings is 1. The molecule has 1 aliphatic heterocycles. The lowest BCUT2D eigenvalue weighted by Crippen LogP contribution is -2.45. The number of benzene rings is 2. The number of nitrogens with zero attached hydrogens (tertiary/aromatic N) is 1. The van der Waals surface area contributed by atoms with Crippen LogP contribution in [0.2, 0.25) is 0 Å². The van der Waals surface area contributed by atoms with Crippen molar-refractivity contribution in [3.8, 4) is 0 Å². The van der Waals surface area contributed by atoms with Crippen LogP contribution < -0.4 is 15.5 Å². The number of halogens is 1. The van der Waals surface area contributed by atoms with E-state index in [9.17, 15) is 14.0 Å². The molecule has 7 nitrogen and oxygen atoms in total. The fourth-order valence-electron chi connectivity index (χ4n) is 3.72. The smallest absolute Gasteiger partial charge is 0.291 e. The second-order valence-electron chi connectivity index (χ2n) is 7.79. The minimum Gasteiger partial charge on any atom is -0.459 e. The number of rotatable bonds is 5. The van der Waals surface area contributed by atoms with E-state index in [1.807, 2.05) is 18.7 Å². The molecule has 0 radical (unpaired) electrons. The number of carbonyl (C=O) groups is 2. The Kier molecular flexibility index (Phi) is 6.23. The maximum atomic E-state index is 14.8. The number of nitrogens with one attached hydrogen (secondary N) is 2. The molecule has 1 fully saturated rings. The van der Waals surface area contributed by atoms with Crippen LogP contribution in [0.25, 0.3) is 0 Å². The molecule has 32 heavy (non-hydrogen) atoms. The maximum Gasteiger partial charge on any atom is 0.291 e. The zero-order valence-corrected chi connectivity index (χ0v) is 17.8. The third kappa shape index (κ3) is 4.97. The predicted octanol–water partition coefficient (Wildman–Crippen LogP) is 4.54. The van der Waals surface area contributed by atoms with E-state index >= 15 is 0 Å². The van der Waals surface area contributed by atoms with Gasteiger partial charge in [-0.25, -0.2) is 4.39 Å². The van der Waals surface area contributed by atoms with Crippen LogP contribution in [-0.2, 0) is 4.74 Å². The Morgan fingerprint density at radius 2 is 1.59 bits per heavy atom. The third-order valence-corrected chi connectivity index (χ3v) is 5.12. The van der Waals surface area contributed by atoms with Crippen LogP contribution in [0.5, 0.6) is 0 Å². The highest BCUT2D eigenvalue weighted by Crippen LogP contribution is 2.26. The van der Waals surface area contributed by atoms with Gasteiger partial charge in [-0.1, -0.05) is 0 Å². The topological polar surface area (TPSA) is 83.8 Å². The van der Waals surface area contributed by atoms with Gasteiger partial charge in [-0.05, 0) is 68.4 Å². The summed E-state index contributed by atoms with van der Waals surface area (Å²) in [7, 11) is 0. The van der Waals surface area contributed by atoms with Crippen LogP contribution in [0.4, 0.5) is 21.5 Å². The molecule has 3 aromatic rings. The fourth-order valence-corrected chi connectivity index (χ4v) is 3.72. The second-order valence-corrected chi connectivity index (χ2v) is 7.79. The van der Waals surface area contributed by atoms with Crippen molar-refractivity contribution >= 4 is 28.9 Å². The number of hydrogen-bond donors (Lipinski definition) is 2. The fraction of sp³-hybridized carbons (Fsp3) is 0.250. The first kappa shape index (κ1) is 21.6. The van der Waals surface area contributed by atoms with Crippen LogP contribution in [0.3, 0.4) is 0 Å². The van der Waals surface area contributed by atoms with Crippen molar-refractivity contribution in [3.05, 3.63) is 78.0 Å². The molecule has 2 N–H and O–H groups in total. The number of anilines is 3. The van der Waals surface area contributed by atoms with E-state index in [1.54, 1.807) is 48.5 Å². The lowest BCUT2D eigenvalue weighted by atomic mass is 10.1. The Bertz CT molecular complexity index is 1090. The molecule has 0 spiro atoms. The van der Waals surface area contributed by atoms with Gasteiger partial charge in [-0.15, -0.1) is 0 Å². The molecule has 166 valence electrons. The van der Waals surface area contributed by atoms with Gasteiger partial charge < -0.3 is 24.7 Å². The van der Waals surface area contributed by atoms with Crippen molar-refractivity contribution in [3.63, 3.8) is 0 Å². The number of carbonyl (C=O) groups excluding carboxylic acids is 2. The Hall–Kier alpha value is -3.65. The largest absolute Gasteiger partial charge is 0.459 e. The van der Waals surface area contributed by atoms with E-state index in [0.717, 1.165) is 0 Å². The summed E-state index contributed by atoms with van der Waals surface area (Å²) in [6.45, 7) is 5.14. The molecule has 0 saturated carbocycles. The summed E-state index contributed by atoms with van der Waals surface area (Å²) in [6.07, 6.45) is 1.45. The van der Waals surface area contributed by atoms with Gasteiger partial charge in [0.25, 0.3) is 11.8 Å². The highest BCUT2D eigenvalue weighted by molar-refractivity contribution is 6.05. The van der Waals surface area contributed by atoms with Crippen LogP contribution in [0, 0.1) is 5.82 Å². The molecular weight excluding hydrogens is 413 g/mol. The summed E-state index contributed by atoms with van der Waals surface area (Å²) in [5, 5.41) is 5.39. The summed E-state index contributed by atoms with van der Waals surface area (Å²) in [5.74, 6) is -0.972. The first-order chi connectivity index (χ1) is 15.4. The minimum atomic E-state index is -0.403. The molecule has 2 heterocycles. The molecule has 0 aliphatic carbocycles.